The molecule has 3 rings (SSSR count). The predicted molar refractivity (Wildman–Crippen MR) is 111 cm³/mol. The van der Waals surface area contributed by atoms with Gasteiger partial charge in [0.2, 0.25) is 0 Å². The van der Waals surface area contributed by atoms with Crippen molar-refractivity contribution in [2.24, 2.45) is 0 Å². The van der Waals surface area contributed by atoms with Crippen LogP contribution in [0, 0.1) is 0 Å². The summed E-state index contributed by atoms with van der Waals surface area (Å²) in [6.07, 6.45) is 1.99. The summed E-state index contributed by atoms with van der Waals surface area (Å²) in [5.74, 6) is -0.161. The second-order valence-electron chi connectivity index (χ2n) is 6.48. The number of unbranched alkanes of at least 4 members (excludes halogenated alkanes) is 1. The number of carbonyl (C=O) groups is 1. The highest BCUT2D eigenvalue weighted by Crippen LogP contribution is 2.25. The van der Waals surface area contributed by atoms with Gasteiger partial charge in [0.1, 0.15) is 5.75 Å². The van der Waals surface area contributed by atoms with Gasteiger partial charge in [-0.25, -0.2) is 8.42 Å². The van der Waals surface area contributed by atoms with Crippen LogP contribution >= 0.6 is 0 Å². The van der Waals surface area contributed by atoms with E-state index in [9.17, 15) is 18.7 Å². The number of fused-ring (bicyclic) bond motifs is 1. The molecule has 0 radical (unpaired) electrons. The van der Waals surface area contributed by atoms with Gasteiger partial charge in [-0.2, -0.15) is 0 Å². The first-order valence-electron chi connectivity index (χ1n) is 9.21. The Labute approximate surface area is 169 Å². The lowest BCUT2D eigenvalue weighted by Crippen LogP contribution is -2.26. The van der Waals surface area contributed by atoms with Crippen molar-refractivity contribution >= 4 is 31.4 Å². The lowest BCUT2D eigenvalue weighted by Gasteiger charge is -2.07. The minimum absolute atomic E-state index is 0.123. The number of carbonyl (C=O) groups excluding carboxylic acids is 1. The van der Waals surface area contributed by atoms with E-state index < -0.39 is 20.7 Å². The molecule has 6 nitrogen and oxygen atoms in total. The Morgan fingerprint density at radius 2 is 1.69 bits per heavy atom. The van der Waals surface area contributed by atoms with Crippen molar-refractivity contribution in [3.63, 3.8) is 0 Å². The topological polar surface area (TPSA) is 96.8 Å². The standard InChI is InChI=1S/C22H20N2O4S/c1-2-3-13-28-19-11-9-18-15-20(12-10-17(18)14-19)29(26,27)22(24-23)21(25)16-7-5-4-6-8-16/h4-12,14-15H,2-3,13H2,1H3. The monoisotopic (exact) mass is 408 g/mol. The first kappa shape index (κ1) is 20.5. The summed E-state index contributed by atoms with van der Waals surface area (Å²) in [5.41, 5.74) is 9.40. The first-order chi connectivity index (χ1) is 14.0. The van der Waals surface area contributed by atoms with E-state index >= 15 is 0 Å². The maximum Gasteiger partial charge on any atom is 0.456 e. The third-order valence-corrected chi connectivity index (χ3v) is 6.09. The van der Waals surface area contributed by atoms with Gasteiger partial charge < -0.3 is 10.3 Å². The molecule has 0 aliphatic carbocycles. The minimum atomic E-state index is -4.30. The summed E-state index contributed by atoms with van der Waals surface area (Å²) < 4.78 is 31.5. The van der Waals surface area contributed by atoms with Crippen LogP contribution in [0.5, 0.6) is 5.75 Å². The van der Waals surface area contributed by atoms with Crippen LogP contribution in [-0.2, 0) is 9.84 Å². The van der Waals surface area contributed by atoms with Crippen LogP contribution < -0.4 is 4.74 Å². The lowest BCUT2D eigenvalue weighted by molar-refractivity contribution is -0.00158. The summed E-state index contributed by atoms with van der Waals surface area (Å²) in [5, 5.41) is 0.552. The van der Waals surface area contributed by atoms with E-state index in [0.717, 1.165) is 18.2 Å². The second kappa shape index (κ2) is 8.82. The molecule has 0 spiro atoms. The van der Waals surface area contributed by atoms with Crippen LogP contribution in [-0.4, -0.2) is 30.6 Å². The molecule has 3 aromatic carbocycles. The number of ketones is 1. The quantitative estimate of drug-likeness (QED) is 0.145. The Balaban J connectivity index is 1.94. The zero-order valence-corrected chi connectivity index (χ0v) is 16.7. The molecule has 0 fully saturated rings. The maximum absolute atomic E-state index is 12.9. The van der Waals surface area contributed by atoms with Gasteiger partial charge in [-0.1, -0.05) is 55.8 Å². The summed E-state index contributed by atoms with van der Waals surface area (Å²) >= 11 is 0. The van der Waals surface area contributed by atoms with Gasteiger partial charge in [0.15, 0.2) is 0 Å². The number of sulfone groups is 1. The molecular weight excluding hydrogens is 388 g/mol. The third kappa shape index (κ3) is 4.42. The Kier molecular flexibility index (Phi) is 6.22. The van der Waals surface area contributed by atoms with Gasteiger partial charge in [-0.05, 0) is 41.5 Å². The SMILES string of the molecule is CCCCOc1ccc2cc(S(=O)(=O)C(=[N+]=[N-])C(=O)c3ccccc3)ccc2c1. The van der Waals surface area contributed by atoms with Crippen molar-refractivity contribution in [3.8, 4) is 5.75 Å². The van der Waals surface area contributed by atoms with E-state index in [-0.39, 0.29) is 10.5 Å². The highest BCUT2D eigenvalue weighted by atomic mass is 32.2. The molecule has 0 heterocycles. The predicted octanol–water partition coefficient (Wildman–Crippen LogP) is 4.30. The van der Waals surface area contributed by atoms with Crippen LogP contribution in [0.15, 0.2) is 71.6 Å². The highest BCUT2D eigenvalue weighted by molar-refractivity contribution is 8.08. The molecule has 148 valence electrons. The molecule has 7 heteroatoms. The number of hydrogen-bond acceptors (Lipinski definition) is 4. The van der Waals surface area contributed by atoms with Crippen molar-refractivity contribution in [1.82, 2.24) is 0 Å². The van der Waals surface area contributed by atoms with Gasteiger partial charge in [0, 0.05) is 5.56 Å². The smallest absolute Gasteiger partial charge is 0.456 e. The average Bonchev–Trinajstić information content (AvgIpc) is 2.74. The molecule has 0 bridgehead atoms. The molecule has 0 aliphatic heterocycles. The van der Waals surface area contributed by atoms with Crippen molar-refractivity contribution in [3.05, 3.63) is 77.8 Å². The largest absolute Gasteiger partial charge is 0.494 e. The van der Waals surface area contributed by atoms with Crippen LogP contribution in [0.3, 0.4) is 0 Å². The summed E-state index contributed by atoms with van der Waals surface area (Å²) in [4.78, 5) is 15.2. The van der Waals surface area contributed by atoms with Gasteiger partial charge >= 0.3 is 5.04 Å². The van der Waals surface area contributed by atoms with E-state index in [1.807, 2.05) is 6.07 Å². The van der Waals surface area contributed by atoms with Crippen LogP contribution in [0.1, 0.15) is 30.1 Å². The molecule has 0 amide bonds. The normalized spacial score (nSPS) is 11.1. The molecule has 3 aromatic rings. The molecule has 0 aliphatic rings. The molecule has 29 heavy (non-hydrogen) atoms. The Morgan fingerprint density at radius 1 is 1.00 bits per heavy atom. The summed E-state index contributed by atoms with van der Waals surface area (Å²) in [6, 6.07) is 17.7. The Bertz CT molecular complexity index is 1200. The lowest BCUT2D eigenvalue weighted by atomic mass is 10.1. The fourth-order valence-electron chi connectivity index (χ4n) is 2.84. The summed E-state index contributed by atoms with van der Waals surface area (Å²) in [6.45, 7) is 2.70. The van der Waals surface area contributed by atoms with Gasteiger partial charge in [-0.15, -0.1) is 4.79 Å². The summed E-state index contributed by atoms with van der Waals surface area (Å²) in [7, 11) is -4.30. The Morgan fingerprint density at radius 3 is 2.38 bits per heavy atom. The highest BCUT2D eigenvalue weighted by Gasteiger charge is 2.38. The minimum Gasteiger partial charge on any atom is -0.494 e. The molecule has 0 aromatic heterocycles. The molecule has 0 unspecified atom stereocenters. The van der Waals surface area contributed by atoms with Crippen molar-refractivity contribution in [2.45, 2.75) is 24.7 Å². The average molecular weight is 408 g/mol. The van der Waals surface area contributed by atoms with Crippen LogP contribution in [0.2, 0.25) is 0 Å². The maximum atomic E-state index is 12.9. The van der Waals surface area contributed by atoms with E-state index in [0.29, 0.717) is 17.7 Å². The van der Waals surface area contributed by atoms with E-state index in [4.69, 9.17) is 4.74 Å². The zero-order chi connectivity index (χ0) is 20.9. The fraction of sp³-hybridized carbons (Fsp3) is 0.182. The molecule has 0 N–H and O–H groups in total. The van der Waals surface area contributed by atoms with Gasteiger partial charge in [0.05, 0.1) is 11.5 Å². The third-order valence-electron chi connectivity index (χ3n) is 4.44. The van der Waals surface area contributed by atoms with E-state index in [1.165, 1.54) is 24.3 Å². The molecular formula is C22H20N2O4S. The second-order valence-corrected chi connectivity index (χ2v) is 8.34. The van der Waals surface area contributed by atoms with Crippen molar-refractivity contribution < 1.29 is 22.7 Å². The van der Waals surface area contributed by atoms with E-state index in [2.05, 4.69) is 11.7 Å². The molecule has 0 saturated carbocycles. The zero-order valence-electron chi connectivity index (χ0n) is 15.9. The van der Waals surface area contributed by atoms with Gasteiger partial charge in [-0.3, -0.25) is 4.79 Å². The van der Waals surface area contributed by atoms with Crippen molar-refractivity contribution in [2.75, 3.05) is 6.61 Å². The molecule has 0 saturated heterocycles. The number of Topliss-reactive ketones (excluding diaryl/α,β-unsaturated/α-hetero) is 1. The number of nitrogens with zero attached hydrogens (tertiary/aromatic N) is 2. The molecule has 0 atom stereocenters. The number of hydrogen-bond donors (Lipinski definition) is 0. The fourth-order valence-corrected chi connectivity index (χ4v) is 4.06. The van der Waals surface area contributed by atoms with Gasteiger partial charge in [0.25, 0.3) is 15.6 Å². The number of benzene rings is 3. The first-order valence-corrected chi connectivity index (χ1v) is 10.7. The van der Waals surface area contributed by atoms with Crippen LogP contribution in [0.4, 0.5) is 0 Å². The van der Waals surface area contributed by atoms with Crippen LogP contribution in [0.25, 0.3) is 16.3 Å². The number of ether oxygens (including phenoxy) is 1. The van der Waals surface area contributed by atoms with E-state index in [1.54, 1.807) is 36.4 Å². The Hall–Kier alpha value is -3.28. The number of rotatable bonds is 7. The van der Waals surface area contributed by atoms with Crippen molar-refractivity contribution in [1.29, 1.82) is 0 Å².